The molecule has 0 radical (unpaired) electrons. The van der Waals surface area contributed by atoms with Crippen molar-refractivity contribution in [3.63, 3.8) is 0 Å². The zero-order valence-electron chi connectivity index (χ0n) is 17.1. The van der Waals surface area contributed by atoms with Crippen LogP contribution in [0, 0.1) is 13.8 Å². The lowest BCUT2D eigenvalue weighted by Gasteiger charge is -2.17. The van der Waals surface area contributed by atoms with E-state index in [1.54, 1.807) is 0 Å². The van der Waals surface area contributed by atoms with Gasteiger partial charge in [0.05, 0.1) is 0 Å². The fraction of sp³-hybridized carbons (Fsp3) is 0.304. The molecule has 1 saturated heterocycles. The van der Waals surface area contributed by atoms with Crippen LogP contribution in [0.5, 0.6) is 0 Å². The number of rotatable bonds is 6. The quantitative estimate of drug-likeness (QED) is 0.647. The predicted octanol–water partition coefficient (Wildman–Crippen LogP) is 4.25. The molecule has 0 spiro atoms. The smallest absolute Gasteiger partial charge is 0.227 e. The summed E-state index contributed by atoms with van der Waals surface area (Å²) >= 11 is 1.35. The standard InChI is InChI=1S/C23H24N4O2S/c1-15-10-16(2)12-19(11-15)27-14-18(13-21(27)29)22-25-26-23(30-22)24-20(28)9-8-17-6-4-3-5-7-17/h3-7,10-12,18H,8-9,13-14H2,1-2H3,(H,24,26,28). The van der Waals surface area contributed by atoms with E-state index < -0.39 is 0 Å². The van der Waals surface area contributed by atoms with Crippen molar-refractivity contribution < 1.29 is 9.59 Å². The first-order valence-electron chi connectivity index (χ1n) is 10.0. The Balaban J connectivity index is 1.37. The van der Waals surface area contributed by atoms with Gasteiger partial charge in [-0.25, -0.2) is 0 Å². The monoisotopic (exact) mass is 420 g/mol. The van der Waals surface area contributed by atoms with Crippen molar-refractivity contribution >= 4 is 34.0 Å². The molecule has 1 atom stereocenters. The van der Waals surface area contributed by atoms with Gasteiger partial charge in [-0.05, 0) is 49.1 Å². The van der Waals surface area contributed by atoms with E-state index in [1.165, 1.54) is 11.3 Å². The fourth-order valence-electron chi connectivity index (χ4n) is 3.76. The summed E-state index contributed by atoms with van der Waals surface area (Å²) in [6.07, 6.45) is 1.48. The molecule has 2 aromatic carbocycles. The first-order chi connectivity index (χ1) is 14.5. The van der Waals surface area contributed by atoms with Crippen LogP contribution in [0.2, 0.25) is 0 Å². The minimum absolute atomic E-state index is 0.00853. The first kappa shape index (κ1) is 20.2. The van der Waals surface area contributed by atoms with Crippen molar-refractivity contribution in [2.24, 2.45) is 0 Å². The van der Waals surface area contributed by atoms with Crippen LogP contribution < -0.4 is 10.2 Å². The first-order valence-corrected chi connectivity index (χ1v) is 10.9. The summed E-state index contributed by atoms with van der Waals surface area (Å²) < 4.78 is 0. The summed E-state index contributed by atoms with van der Waals surface area (Å²) in [6.45, 7) is 4.65. The molecule has 7 heteroatoms. The maximum atomic E-state index is 12.6. The van der Waals surface area contributed by atoms with Gasteiger partial charge in [-0.15, -0.1) is 10.2 Å². The number of anilines is 2. The largest absolute Gasteiger partial charge is 0.312 e. The van der Waals surface area contributed by atoms with Crippen LogP contribution in [-0.2, 0) is 16.0 Å². The molecule has 1 aliphatic heterocycles. The average Bonchev–Trinajstić information content (AvgIpc) is 3.33. The predicted molar refractivity (Wildman–Crippen MR) is 119 cm³/mol. The highest BCUT2D eigenvalue weighted by Gasteiger charge is 2.34. The summed E-state index contributed by atoms with van der Waals surface area (Å²) in [7, 11) is 0. The fourth-order valence-corrected chi connectivity index (χ4v) is 4.61. The van der Waals surface area contributed by atoms with E-state index in [1.807, 2.05) is 61.2 Å². The Morgan fingerprint density at radius 1 is 1.13 bits per heavy atom. The number of aromatic nitrogens is 2. The van der Waals surface area contributed by atoms with Crippen molar-refractivity contribution in [3.05, 3.63) is 70.2 Å². The van der Waals surface area contributed by atoms with Gasteiger partial charge in [0, 0.05) is 31.0 Å². The van der Waals surface area contributed by atoms with Crippen LogP contribution in [0.1, 0.15) is 40.5 Å². The molecular weight excluding hydrogens is 396 g/mol. The lowest BCUT2D eigenvalue weighted by molar-refractivity contribution is -0.117. The Morgan fingerprint density at radius 3 is 2.60 bits per heavy atom. The van der Waals surface area contributed by atoms with E-state index in [0.717, 1.165) is 27.4 Å². The second-order valence-corrected chi connectivity index (χ2v) is 8.74. The van der Waals surface area contributed by atoms with Crippen LogP contribution in [0.15, 0.2) is 48.5 Å². The van der Waals surface area contributed by atoms with Gasteiger partial charge in [0.2, 0.25) is 16.9 Å². The number of aryl methyl sites for hydroxylation is 3. The summed E-state index contributed by atoms with van der Waals surface area (Å²) in [5.74, 6) is 0.000324. The van der Waals surface area contributed by atoms with Crippen LogP contribution >= 0.6 is 11.3 Å². The minimum atomic E-state index is -0.0825. The SMILES string of the molecule is Cc1cc(C)cc(N2CC(c3nnc(NC(=O)CCc4ccccc4)s3)CC2=O)c1. The number of benzene rings is 2. The van der Waals surface area contributed by atoms with Crippen molar-refractivity contribution in [1.82, 2.24) is 10.2 Å². The molecule has 154 valence electrons. The second-order valence-electron chi connectivity index (χ2n) is 7.73. The summed E-state index contributed by atoms with van der Waals surface area (Å²) in [4.78, 5) is 26.7. The maximum Gasteiger partial charge on any atom is 0.227 e. The molecule has 1 fully saturated rings. The lowest BCUT2D eigenvalue weighted by atomic mass is 10.1. The highest BCUT2D eigenvalue weighted by Crippen LogP contribution is 2.34. The molecule has 0 bridgehead atoms. The van der Waals surface area contributed by atoms with E-state index in [4.69, 9.17) is 0 Å². The Labute approximate surface area is 180 Å². The number of amides is 2. The lowest BCUT2D eigenvalue weighted by Crippen LogP contribution is -2.24. The van der Waals surface area contributed by atoms with Gasteiger partial charge in [0.15, 0.2) is 0 Å². The van der Waals surface area contributed by atoms with Crippen LogP contribution in [0.3, 0.4) is 0 Å². The number of carbonyl (C=O) groups is 2. The number of nitrogens with zero attached hydrogens (tertiary/aromatic N) is 3. The Hall–Kier alpha value is -3.06. The third-order valence-electron chi connectivity index (χ3n) is 5.16. The molecule has 2 amide bonds. The molecule has 0 saturated carbocycles. The number of hydrogen-bond acceptors (Lipinski definition) is 5. The molecule has 1 aromatic heterocycles. The second kappa shape index (κ2) is 8.75. The zero-order chi connectivity index (χ0) is 21.1. The topological polar surface area (TPSA) is 75.2 Å². The summed E-state index contributed by atoms with van der Waals surface area (Å²) in [5, 5.41) is 12.5. The molecule has 30 heavy (non-hydrogen) atoms. The summed E-state index contributed by atoms with van der Waals surface area (Å²) in [6, 6.07) is 16.1. The van der Waals surface area contributed by atoms with E-state index in [2.05, 4.69) is 21.6 Å². The van der Waals surface area contributed by atoms with Gasteiger partial charge in [-0.3, -0.25) is 9.59 Å². The van der Waals surface area contributed by atoms with Gasteiger partial charge in [-0.1, -0.05) is 47.7 Å². The van der Waals surface area contributed by atoms with Crippen LogP contribution in [0.25, 0.3) is 0 Å². The molecule has 1 aliphatic rings. The number of carbonyl (C=O) groups excluding carboxylic acids is 2. The normalized spacial score (nSPS) is 16.1. The third kappa shape index (κ3) is 4.74. The average molecular weight is 421 g/mol. The van der Waals surface area contributed by atoms with Crippen molar-refractivity contribution in [2.75, 3.05) is 16.8 Å². The molecular formula is C23H24N4O2S. The molecule has 3 aromatic rings. The van der Waals surface area contributed by atoms with Gasteiger partial charge < -0.3 is 10.2 Å². The zero-order valence-corrected chi connectivity index (χ0v) is 17.9. The molecule has 1 N–H and O–H groups in total. The molecule has 4 rings (SSSR count). The van der Waals surface area contributed by atoms with Gasteiger partial charge in [0.1, 0.15) is 5.01 Å². The Bertz CT molecular complexity index is 1040. The Kier molecular flexibility index (Phi) is 5.90. The van der Waals surface area contributed by atoms with Gasteiger partial charge in [-0.2, -0.15) is 0 Å². The van der Waals surface area contributed by atoms with E-state index >= 15 is 0 Å². The maximum absolute atomic E-state index is 12.6. The number of nitrogens with one attached hydrogen (secondary N) is 1. The van der Waals surface area contributed by atoms with E-state index in [-0.39, 0.29) is 17.7 Å². The highest BCUT2D eigenvalue weighted by atomic mass is 32.1. The van der Waals surface area contributed by atoms with Gasteiger partial charge >= 0.3 is 0 Å². The molecule has 2 heterocycles. The summed E-state index contributed by atoms with van der Waals surface area (Å²) in [5.41, 5.74) is 4.33. The van der Waals surface area contributed by atoms with Crippen molar-refractivity contribution in [1.29, 1.82) is 0 Å². The van der Waals surface area contributed by atoms with Crippen molar-refractivity contribution in [3.8, 4) is 0 Å². The molecule has 0 aliphatic carbocycles. The van der Waals surface area contributed by atoms with Gasteiger partial charge in [0.25, 0.3) is 0 Å². The third-order valence-corrected chi connectivity index (χ3v) is 6.16. The highest BCUT2D eigenvalue weighted by molar-refractivity contribution is 7.15. The molecule has 1 unspecified atom stereocenters. The minimum Gasteiger partial charge on any atom is -0.312 e. The Morgan fingerprint density at radius 2 is 1.87 bits per heavy atom. The van der Waals surface area contributed by atoms with Crippen molar-refractivity contribution in [2.45, 2.75) is 39.0 Å². The van der Waals surface area contributed by atoms with E-state index in [9.17, 15) is 9.59 Å². The van der Waals surface area contributed by atoms with Crippen LogP contribution in [0.4, 0.5) is 10.8 Å². The van der Waals surface area contributed by atoms with Crippen LogP contribution in [-0.4, -0.2) is 28.6 Å². The molecule has 6 nitrogen and oxygen atoms in total. The van der Waals surface area contributed by atoms with E-state index in [0.29, 0.717) is 30.9 Å². The number of hydrogen-bond donors (Lipinski definition) is 1.